The van der Waals surface area contributed by atoms with Crippen LogP contribution in [0, 0.1) is 0 Å². The normalized spacial score (nSPS) is 25.7. The smallest absolute Gasteiger partial charge is 0.260 e. The summed E-state index contributed by atoms with van der Waals surface area (Å²) in [6.45, 7) is 0.659. The van der Waals surface area contributed by atoms with Gasteiger partial charge in [-0.25, -0.2) is 8.42 Å². The van der Waals surface area contributed by atoms with Crippen molar-refractivity contribution < 1.29 is 27.5 Å². The molecule has 0 radical (unpaired) electrons. The minimum atomic E-state index is -3.88. The molecule has 1 saturated carbocycles. The van der Waals surface area contributed by atoms with Crippen LogP contribution in [0.25, 0.3) is 0 Å². The van der Waals surface area contributed by atoms with E-state index in [-0.39, 0.29) is 42.7 Å². The van der Waals surface area contributed by atoms with Crippen molar-refractivity contribution >= 4 is 10.0 Å². The lowest BCUT2D eigenvalue weighted by molar-refractivity contribution is 0.0194. The van der Waals surface area contributed by atoms with Crippen LogP contribution in [0.2, 0.25) is 0 Å². The van der Waals surface area contributed by atoms with E-state index in [1.807, 2.05) is 0 Å². The van der Waals surface area contributed by atoms with Gasteiger partial charge >= 0.3 is 0 Å². The van der Waals surface area contributed by atoms with Gasteiger partial charge in [-0.05, 0) is 25.0 Å². The molecular weight excluding hydrogens is 374 g/mol. The van der Waals surface area contributed by atoms with E-state index in [0.717, 1.165) is 12.8 Å². The van der Waals surface area contributed by atoms with Gasteiger partial charge in [0, 0.05) is 18.9 Å². The van der Waals surface area contributed by atoms with Gasteiger partial charge in [-0.1, -0.05) is 11.2 Å². The first-order valence-corrected chi connectivity index (χ1v) is 10.4. The molecule has 0 spiro atoms. The van der Waals surface area contributed by atoms with E-state index in [9.17, 15) is 13.5 Å². The first-order chi connectivity index (χ1) is 13.0. The first kappa shape index (κ1) is 17.0. The third-order valence-corrected chi connectivity index (χ3v) is 7.01. The Kier molecular flexibility index (Phi) is 3.72. The average Bonchev–Trinajstić information content (AvgIpc) is 3.24. The molecule has 1 N–H and O–H groups in total. The lowest BCUT2D eigenvalue weighted by Gasteiger charge is -2.24. The number of aromatic nitrogens is 2. The summed E-state index contributed by atoms with van der Waals surface area (Å²) in [6, 6.07) is 4.77. The van der Waals surface area contributed by atoms with Gasteiger partial charge in [-0.2, -0.15) is 9.29 Å². The predicted octanol–water partition coefficient (Wildman–Crippen LogP) is 1.00. The Morgan fingerprint density at radius 1 is 1.22 bits per heavy atom. The number of aliphatic hydroxyl groups is 1. The molecule has 1 aromatic carbocycles. The maximum Gasteiger partial charge on any atom is 0.260 e. The van der Waals surface area contributed by atoms with Gasteiger partial charge in [0.05, 0.1) is 6.54 Å². The van der Waals surface area contributed by atoms with Gasteiger partial charge < -0.3 is 19.1 Å². The van der Waals surface area contributed by atoms with Crippen LogP contribution >= 0.6 is 0 Å². The largest absolute Gasteiger partial charge is 0.486 e. The van der Waals surface area contributed by atoms with Crippen LogP contribution in [0.1, 0.15) is 36.9 Å². The third kappa shape index (κ3) is 2.79. The second kappa shape index (κ2) is 5.91. The third-order valence-electron chi connectivity index (χ3n) is 5.14. The average molecular weight is 393 g/mol. The Hall–Kier alpha value is -2.17. The van der Waals surface area contributed by atoms with Gasteiger partial charge in [-0.15, -0.1) is 0 Å². The highest BCUT2D eigenvalue weighted by molar-refractivity contribution is 7.89. The number of nitrogens with zero attached hydrogens (tertiary/aromatic N) is 3. The van der Waals surface area contributed by atoms with Crippen molar-refractivity contribution in [2.45, 2.75) is 35.7 Å². The van der Waals surface area contributed by atoms with Gasteiger partial charge in [0.15, 0.2) is 22.9 Å². The molecule has 1 aromatic heterocycles. The number of hydrogen-bond acceptors (Lipinski definition) is 8. The minimum Gasteiger partial charge on any atom is -0.486 e. The molecule has 0 bridgehead atoms. The number of hydrogen-bond donors (Lipinski definition) is 1. The van der Waals surface area contributed by atoms with Crippen molar-refractivity contribution in [3.8, 4) is 11.5 Å². The van der Waals surface area contributed by atoms with E-state index in [1.165, 1.54) is 10.4 Å². The van der Waals surface area contributed by atoms with Crippen molar-refractivity contribution in [3.63, 3.8) is 0 Å². The Morgan fingerprint density at radius 2 is 2.04 bits per heavy atom. The molecule has 5 rings (SSSR count). The van der Waals surface area contributed by atoms with E-state index >= 15 is 0 Å². The molecule has 9 nitrogen and oxygen atoms in total. The summed E-state index contributed by atoms with van der Waals surface area (Å²) in [5.41, 5.74) is -1.49. The highest BCUT2D eigenvalue weighted by atomic mass is 32.2. The topological polar surface area (TPSA) is 115 Å². The monoisotopic (exact) mass is 393 g/mol. The van der Waals surface area contributed by atoms with Crippen LogP contribution < -0.4 is 9.47 Å². The fraction of sp³-hybridized carbons (Fsp3) is 0.529. The highest BCUT2D eigenvalue weighted by Gasteiger charge is 2.48. The summed E-state index contributed by atoms with van der Waals surface area (Å²) >= 11 is 0. The van der Waals surface area contributed by atoms with Crippen molar-refractivity contribution in [1.82, 2.24) is 14.4 Å². The van der Waals surface area contributed by atoms with Crippen molar-refractivity contribution in [3.05, 3.63) is 29.9 Å². The summed E-state index contributed by atoms with van der Waals surface area (Å²) in [5.74, 6) is 1.58. The Bertz CT molecular complexity index is 986. The van der Waals surface area contributed by atoms with Gasteiger partial charge in [-0.3, -0.25) is 0 Å². The van der Waals surface area contributed by atoms with Crippen molar-refractivity contribution in [1.29, 1.82) is 0 Å². The molecular formula is C17H19N3O6S. The molecule has 0 amide bonds. The summed E-state index contributed by atoms with van der Waals surface area (Å²) in [4.78, 5) is 4.33. The molecule has 2 aromatic rings. The summed E-state index contributed by atoms with van der Waals surface area (Å²) < 4.78 is 43.8. The fourth-order valence-electron chi connectivity index (χ4n) is 3.46. The number of benzene rings is 1. The molecule has 3 heterocycles. The zero-order valence-corrected chi connectivity index (χ0v) is 15.3. The molecule has 2 fully saturated rings. The molecule has 1 aliphatic carbocycles. The summed E-state index contributed by atoms with van der Waals surface area (Å²) in [6.07, 6.45) is 2.21. The molecule has 144 valence electrons. The van der Waals surface area contributed by atoms with Gasteiger partial charge in [0.25, 0.3) is 5.89 Å². The fourth-order valence-corrected chi connectivity index (χ4v) is 5.10. The van der Waals surface area contributed by atoms with E-state index in [4.69, 9.17) is 14.0 Å². The Morgan fingerprint density at radius 3 is 2.85 bits per heavy atom. The second-order valence-electron chi connectivity index (χ2n) is 7.13. The SMILES string of the molecule is O=S(=O)(c1cccc2c1OCCO2)N1CC[C@@](O)(c2nc(C3CC3)no2)C1. The van der Waals surface area contributed by atoms with Gasteiger partial charge in [0.1, 0.15) is 18.1 Å². The number of para-hydroxylation sites is 1. The highest BCUT2D eigenvalue weighted by Crippen LogP contribution is 2.42. The molecule has 3 aliphatic rings. The van der Waals surface area contributed by atoms with E-state index in [0.29, 0.717) is 24.1 Å². The molecule has 27 heavy (non-hydrogen) atoms. The number of β-amino-alcohol motifs (C(OH)–C–C–N with tert-alkyl or cyclic N) is 1. The van der Waals surface area contributed by atoms with Crippen LogP contribution in [0.5, 0.6) is 11.5 Å². The maximum absolute atomic E-state index is 13.2. The molecule has 0 unspecified atom stereocenters. The Labute approximate surface area is 155 Å². The molecule has 2 aliphatic heterocycles. The number of sulfonamides is 1. The zero-order chi connectivity index (χ0) is 18.6. The Balaban J connectivity index is 1.43. The maximum atomic E-state index is 13.2. The minimum absolute atomic E-state index is 0.0353. The summed E-state index contributed by atoms with van der Waals surface area (Å²) in [5, 5.41) is 14.9. The zero-order valence-electron chi connectivity index (χ0n) is 14.5. The lowest BCUT2D eigenvalue weighted by Crippen LogP contribution is -2.35. The van der Waals surface area contributed by atoms with Crippen LogP contribution in [0.15, 0.2) is 27.6 Å². The van der Waals surface area contributed by atoms with Crippen LogP contribution in [0.3, 0.4) is 0 Å². The summed E-state index contributed by atoms with van der Waals surface area (Å²) in [7, 11) is -3.88. The van der Waals surface area contributed by atoms with Crippen molar-refractivity contribution in [2.75, 3.05) is 26.3 Å². The molecule has 1 saturated heterocycles. The molecule has 10 heteroatoms. The van der Waals surface area contributed by atoms with Crippen molar-refractivity contribution in [2.24, 2.45) is 0 Å². The van der Waals surface area contributed by atoms with Gasteiger partial charge in [0.2, 0.25) is 10.0 Å². The lowest BCUT2D eigenvalue weighted by atomic mass is 10.0. The number of rotatable bonds is 4. The van der Waals surface area contributed by atoms with E-state index < -0.39 is 15.6 Å². The second-order valence-corrected chi connectivity index (χ2v) is 9.04. The first-order valence-electron chi connectivity index (χ1n) is 8.93. The van der Waals surface area contributed by atoms with Crippen LogP contribution in [-0.2, 0) is 15.6 Å². The molecule has 1 atom stereocenters. The number of ether oxygens (including phenoxy) is 2. The van der Waals surface area contributed by atoms with E-state index in [2.05, 4.69) is 10.1 Å². The standard InChI is InChI=1S/C17H19N3O6S/c21-17(16-18-15(19-26-16)11-4-5-11)6-7-20(10-17)27(22,23)13-3-1-2-12-14(13)25-9-8-24-12/h1-3,11,21H,4-10H2/t17-/m0/s1. The van der Waals surface area contributed by atoms with Crippen LogP contribution in [0.4, 0.5) is 0 Å². The number of fused-ring (bicyclic) bond motifs is 1. The quantitative estimate of drug-likeness (QED) is 0.818. The van der Waals surface area contributed by atoms with Crippen LogP contribution in [-0.4, -0.2) is 54.3 Å². The predicted molar refractivity (Wildman–Crippen MR) is 91.0 cm³/mol. The van der Waals surface area contributed by atoms with E-state index in [1.54, 1.807) is 12.1 Å².